The third kappa shape index (κ3) is 4.04. The second-order valence-corrected chi connectivity index (χ2v) is 4.44. The van der Waals surface area contributed by atoms with Crippen LogP contribution in [0.5, 0.6) is 5.75 Å². The monoisotopic (exact) mass is 286 g/mol. The van der Waals surface area contributed by atoms with Crippen molar-refractivity contribution in [1.82, 2.24) is 4.98 Å². The summed E-state index contributed by atoms with van der Waals surface area (Å²) >= 11 is 0. The van der Waals surface area contributed by atoms with E-state index in [9.17, 15) is 14.7 Å². The highest BCUT2D eigenvalue weighted by atomic mass is 16.4. The Bertz CT molecular complexity index is 656. The molecule has 0 atom stereocenters. The van der Waals surface area contributed by atoms with Gasteiger partial charge in [0.25, 0.3) is 0 Å². The largest absolute Gasteiger partial charge is 0.506 e. The minimum absolute atomic E-state index is 0.0396. The predicted molar refractivity (Wildman–Crippen MR) is 76.3 cm³/mol. The maximum absolute atomic E-state index is 11.8. The zero-order valence-corrected chi connectivity index (χ0v) is 11.1. The van der Waals surface area contributed by atoms with Crippen molar-refractivity contribution in [3.05, 3.63) is 53.9 Å². The first-order valence-corrected chi connectivity index (χ1v) is 6.31. The van der Waals surface area contributed by atoms with Gasteiger partial charge in [0.15, 0.2) is 0 Å². The Labute approximate surface area is 121 Å². The lowest BCUT2D eigenvalue weighted by Gasteiger charge is -2.08. The number of aromatic nitrogens is 1. The molecule has 0 aliphatic rings. The highest BCUT2D eigenvalue weighted by Crippen LogP contribution is 2.24. The number of hydrogen-bond donors (Lipinski definition) is 3. The summed E-state index contributed by atoms with van der Waals surface area (Å²) in [6.45, 7) is 0. The molecular formula is C15H14N2O4. The van der Waals surface area contributed by atoms with Gasteiger partial charge in [-0.1, -0.05) is 0 Å². The molecule has 21 heavy (non-hydrogen) atoms. The van der Waals surface area contributed by atoms with Crippen LogP contribution in [0.2, 0.25) is 0 Å². The Hall–Kier alpha value is -2.89. The van der Waals surface area contributed by atoms with Crippen LogP contribution in [0.25, 0.3) is 0 Å². The molecule has 0 aliphatic carbocycles. The van der Waals surface area contributed by atoms with E-state index < -0.39 is 5.97 Å². The molecule has 3 N–H and O–H groups in total. The smallest absolute Gasteiger partial charge is 0.335 e. The normalized spacial score (nSPS) is 10.1. The number of aromatic carboxylic acids is 1. The second kappa shape index (κ2) is 6.51. The van der Waals surface area contributed by atoms with Crippen LogP contribution in [0.3, 0.4) is 0 Å². The molecule has 0 bridgehead atoms. The van der Waals surface area contributed by atoms with Crippen LogP contribution in [-0.4, -0.2) is 27.1 Å². The van der Waals surface area contributed by atoms with Crippen LogP contribution in [0.15, 0.2) is 42.7 Å². The summed E-state index contributed by atoms with van der Waals surface area (Å²) in [5, 5.41) is 21.0. The summed E-state index contributed by atoms with van der Waals surface area (Å²) in [6, 6.07) is 7.43. The van der Waals surface area contributed by atoms with Gasteiger partial charge in [0.05, 0.1) is 11.3 Å². The van der Waals surface area contributed by atoms with E-state index in [1.807, 2.05) is 12.1 Å². The quantitative estimate of drug-likeness (QED) is 0.730. The van der Waals surface area contributed by atoms with Gasteiger partial charge in [-0.15, -0.1) is 0 Å². The Morgan fingerprint density at radius 2 is 1.86 bits per heavy atom. The predicted octanol–water partition coefficient (Wildman–Crippen LogP) is 2.06. The molecule has 6 heteroatoms. The van der Waals surface area contributed by atoms with Crippen LogP contribution in [0.4, 0.5) is 5.69 Å². The Morgan fingerprint density at radius 3 is 2.48 bits per heavy atom. The number of pyridine rings is 1. The number of benzene rings is 1. The fraction of sp³-hybridized carbons (Fsp3) is 0.133. The highest BCUT2D eigenvalue weighted by molar-refractivity contribution is 5.94. The maximum atomic E-state index is 11.8. The number of phenolic OH excluding ortho intramolecular Hbond substituents is 1. The molecule has 0 fully saturated rings. The van der Waals surface area contributed by atoms with Gasteiger partial charge in [-0.2, -0.15) is 0 Å². The van der Waals surface area contributed by atoms with Gasteiger partial charge in [0.2, 0.25) is 5.91 Å². The van der Waals surface area contributed by atoms with Crippen molar-refractivity contribution in [3.63, 3.8) is 0 Å². The van der Waals surface area contributed by atoms with Crippen molar-refractivity contribution in [2.75, 3.05) is 5.32 Å². The molecule has 0 aliphatic heterocycles. The molecule has 1 aromatic heterocycles. The molecule has 1 aromatic carbocycles. The third-order valence-electron chi connectivity index (χ3n) is 2.91. The molecule has 2 rings (SSSR count). The lowest BCUT2D eigenvalue weighted by atomic mass is 10.1. The minimum atomic E-state index is -1.14. The summed E-state index contributed by atoms with van der Waals surface area (Å²) in [4.78, 5) is 26.4. The van der Waals surface area contributed by atoms with Gasteiger partial charge in [-0.25, -0.2) is 4.79 Å². The molecule has 1 heterocycles. The number of carboxylic acids is 1. The van der Waals surface area contributed by atoms with E-state index in [-0.39, 0.29) is 29.3 Å². The van der Waals surface area contributed by atoms with E-state index in [0.29, 0.717) is 6.42 Å². The molecule has 0 radical (unpaired) electrons. The summed E-state index contributed by atoms with van der Waals surface area (Å²) < 4.78 is 0. The standard InChI is InChI=1S/C15H14N2O4/c18-13-9-11(15(20)21)2-3-12(13)17-14(19)4-1-10-5-7-16-8-6-10/h2-3,5-9,18H,1,4H2,(H,17,19)(H,20,21). The van der Waals surface area contributed by atoms with Crippen molar-refractivity contribution in [2.24, 2.45) is 0 Å². The first-order valence-electron chi connectivity index (χ1n) is 6.31. The molecule has 0 saturated carbocycles. The van der Waals surface area contributed by atoms with Gasteiger partial charge < -0.3 is 15.5 Å². The fourth-order valence-corrected chi connectivity index (χ4v) is 1.79. The Kier molecular flexibility index (Phi) is 4.50. The van der Waals surface area contributed by atoms with Crippen LogP contribution in [-0.2, 0) is 11.2 Å². The average Bonchev–Trinajstić information content (AvgIpc) is 2.48. The number of anilines is 1. The number of carbonyl (C=O) groups is 2. The number of nitrogens with zero attached hydrogens (tertiary/aromatic N) is 1. The van der Waals surface area contributed by atoms with Gasteiger partial charge in [-0.3, -0.25) is 9.78 Å². The first kappa shape index (κ1) is 14.5. The molecule has 2 aromatic rings. The van der Waals surface area contributed by atoms with Gasteiger partial charge in [-0.05, 0) is 42.3 Å². The molecule has 0 spiro atoms. The first-order chi connectivity index (χ1) is 10.1. The van der Waals surface area contributed by atoms with E-state index in [0.717, 1.165) is 11.6 Å². The van der Waals surface area contributed by atoms with E-state index in [1.165, 1.54) is 12.1 Å². The number of hydrogen-bond acceptors (Lipinski definition) is 4. The summed E-state index contributed by atoms with van der Waals surface area (Å²) in [5.41, 5.74) is 1.15. The average molecular weight is 286 g/mol. The number of carboxylic acid groups (broad SMARTS) is 1. The van der Waals surface area contributed by atoms with Gasteiger partial charge >= 0.3 is 5.97 Å². The molecule has 0 unspecified atom stereocenters. The lowest BCUT2D eigenvalue weighted by Crippen LogP contribution is -2.12. The van der Waals surface area contributed by atoms with E-state index in [4.69, 9.17) is 5.11 Å². The SMILES string of the molecule is O=C(CCc1ccncc1)Nc1ccc(C(=O)O)cc1O. The van der Waals surface area contributed by atoms with Crippen molar-refractivity contribution >= 4 is 17.6 Å². The molecule has 6 nitrogen and oxygen atoms in total. The van der Waals surface area contributed by atoms with Crippen LogP contribution in [0, 0.1) is 0 Å². The van der Waals surface area contributed by atoms with Crippen LogP contribution < -0.4 is 5.32 Å². The topological polar surface area (TPSA) is 99.5 Å². The second-order valence-electron chi connectivity index (χ2n) is 4.44. The third-order valence-corrected chi connectivity index (χ3v) is 2.91. The summed E-state index contributed by atoms with van der Waals surface area (Å²) in [7, 11) is 0. The molecule has 108 valence electrons. The van der Waals surface area contributed by atoms with E-state index in [1.54, 1.807) is 12.4 Å². The van der Waals surface area contributed by atoms with Gasteiger partial charge in [0, 0.05) is 18.8 Å². The lowest BCUT2D eigenvalue weighted by molar-refractivity contribution is -0.116. The summed E-state index contributed by atoms with van der Waals surface area (Å²) in [5.74, 6) is -1.67. The zero-order chi connectivity index (χ0) is 15.2. The maximum Gasteiger partial charge on any atom is 0.335 e. The molecule has 1 amide bonds. The molecule has 0 saturated heterocycles. The number of aromatic hydroxyl groups is 1. The van der Waals surface area contributed by atoms with Crippen LogP contribution in [0.1, 0.15) is 22.3 Å². The van der Waals surface area contributed by atoms with Crippen LogP contribution >= 0.6 is 0 Å². The Balaban J connectivity index is 1.95. The number of nitrogens with one attached hydrogen (secondary N) is 1. The van der Waals surface area contributed by atoms with E-state index in [2.05, 4.69) is 10.3 Å². The van der Waals surface area contributed by atoms with Crippen molar-refractivity contribution < 1.29 is 19.8 Å². The number of aryl methyl sites for hydroxylation is 1. The van der Waals surface area contributed by atoms with Crippen molar-refractivity contribution in [2.45, 2.75) is 12.8 Å². The van der Waals surface area contributed by atoms with Crippen molar-refractivity contribution in [1.29, 1.82) is 0 Å². The highest BCUT2D eigenvalue weighted by Gasteiger charge is 2.10. The van der Waals surface area contributed by atoms with Gasteiger partial charge in [0.1, 0.15) is 5.75 Å². The molecular weight excluding hydrogens is 272 g/mol. The zero-order valence-electron chi connectivity index (χ0n) is 11.1. The number of phenols is 1. The summed E-state index contributed by atoms with van der Waals surface area (Å²) in [6.07, 6.45) is 4.12. The van der Waals surface area contributed by atoms with Crippen molar-refractivity contribution in [3.8, 4) is 5.75 Å². The Morgan fingerprint density at radius 1 is 1.14 bits per heavy atom. The minimum Gasteiger partial charge on any atom is -0.506 e. The van der Waals surface area contributed by atoms with E-state index >= 15 is 0 Å². The number of carbonyl (C=O) groups excluding carboxylic acids is 1. The fourth-order valence-electron chi connectivity index (χ4n) is 1.79. The number of rotatable bonds is 5. The number of amides is 1.